The number of nitrogens with one attached hydrogen (secondary N) is 1. The van der Waals surface area contributed by atoms with E-state index in [0.29, 0.717) is 32.4 Å². The predicted octanol–water partition coefficient (Wildman–Crippen LogP) is 5.60. The van der Waals surface area contributed by atoms with E-state index in [1.54, 1.807) is 34.1 Å². The zero-order chi connectivity index (χ0) is 32.0. The number of carbonyl (C=O) groups is 2. The Kier molecular flexibility index (Phi) is 15.0. The van der Waals surface area contributed by atoms with Gasteiger partial charge in [-0.2, -0.15) is 0 Å². The number of aliphatic hydroxyl groups excluding tert-OH is 1. The molecule has 242 valence electrons. The van der Waals surface area contributed by atoms with Gasteiger partial charge in [0.05, 0.1) is 11.8 Å². The van der Waals surface area contributed by atoms with Crippen molar-refractivity contribution in [3.05, 3.63) is 47.5 Å². The van der Waals surface area contributed by atoms with Gasteiger partial charge in [-0.15, -0.1) is 0 Å². The molecule has 1 aliphatic rings. The topological polar surface area (TPSA) is 116 Å². The third-order valence-electron chi connectivity index (χ3n) is 8.39. The van der Waals surface area contributed by atoms with Gasteiger partial charge in [0.15, 0.2) is 0 Å². The number of benzene rings is 1. The lowest BCUT2D eigenvalue weighted by molar-refractivity contribution is -0.227. The Bertz CT molecular complexity index is 1060. The molecule has 0 amide bonds. The van der Waals surface area contributed by atoms with E-state index >= 15 is 0 Å². The second-order valence-corrected chi connectivity index (χ2v) is 12.5. The summed E-state index contributed by atoms with van der Waals surface area (Å²) in [7, 11) is 1.64. The van der Waals surface area contributed by atoms with Crippen LogP contribution in [0.4, 0.5) is 0 Å². The van der Waals surface area contributed by atoms with Crippen LogP contribution in [-0.4, -0.2) is 67.1 Å². The fourth-order valence-electron chi connectivity index (χ4n) is 5.65. The van der Waals surface area contributed by atoms with E-state index < -0.39 is 41.5 Å². The molecule has 1 heterocycles. The number of rotatable bonds is 9. The third kappa shape index (κ3) is 12.1. The fourth-order valence-corrected chi connectivity index (χ4v) is 5.65. The maximum atomic E-state index is 13.3. The van der Waals surface area contributed by atoms with E-state index in [9.17, 15) is 14.7 Å². The largest absolute Gasteiger partial charge is 0.459 e. The SMILES string of the molecule is CC[C@H]1OC(=O)C(C)C(=O)[C@H](C)C[C@](C)(OC)C[C@@H](C)/C(=C\C=N\OCCCCc2ccccc2)CNC(O)OC1(C)C. The van der Waals surface area contributed by atoms with Crippen LogP contribution < -0.4 is 5.32 Å². The van der Waals surface area contributed by atoms with Crippen molar-refractivity contribution in [3.63, 3.8) is 0 Å². The number of ketones is 1. The summed E-state index contributed by atoms with van der Waals surface area (Å²) in [5, 5.41) is 17.9. The predicted molar refractivity (Wildman–Crippen MR) is 168 cm³/mol. The maximum Gasteiger partial charge on any atom is 0.316 e. The zero-order valence-electron chi connectivity index (χ0n) is 27.4. The molecule has 1 fully saturated rings. The summed E-state index contributed by atoms with van der Waals surface area (Å²) in [4.78, 5) is 31.7. The van der Waals surface area contributed by atoms with Crippen LogP contribution in [0.5, 0.6) is 0 Å². The number of methoxy groups -OCH3 is 1. The van der Waals surface area contributed by atoms with E-state index in [-0.39, 0.29) is 11.7 Å². The monoisotopic (exact) mass is 602 g/mol. The molecule has 0 aliphatic carbocycles. The molecule has 2 N–H and O–H groups in total. The molecule has 9 heteroatoms. The smallest absolute Gasteiger partial charge is 0.316 e. The van der Waals surface area contributed by atoms with Gasteiger partial charge >= 0.3 is 5.97 Å². The number of carbonyl (C=O) groups excluding carboxylic acids is 2. The zero-order valence-corrected chi connectivity index (χ0v) is 27.4. The summed E-state index contributed by atoms with van der Waals surface area (Å²) >= 11 is 0. The minimum absolute atomic E-state index is 0.00373. The first-order valence-electron chi connectivity index (χ1n) is 15.6. The van der Waals surface area contributed by atoms with Gasteiger partial charge in [0.25, 0.3) is 0 Å². The summed E-state index contributed by atoms with van der Waals surface area (Å²) in [5.41, 5.74) is 0.624. The molecule has 6 atom stereocenters. The highest BCUT2D eigenvalue weighted by atomic mass is 16.7. The van der Waals surface area contributed by atoms with Crippen molar-refractivity contribution in [1.29, 1.82) is 0 Å². The third-order valence-corrected chi connectivity index (χ3v) is 8.39. The number of esters is 1. The van der Waals surface area contributed by atoms with Gasteiger partial charge in [-0.25, -0.2) is 0 Å². The summed E-state index contributed by atoms with van der Waals surface area (Å²) in [6.45, 7) is 13.7. The van der Waals surface area contributed by atoms with E-state index in [1.165, 1.54) is 5.56 Å². The van der Waals surface area contributed by atoms with Crippen LogP contribution in [0.15, 0.2) is 47.1 Å². The number of unbranched alkanes of at least 4 members (excludes halogenated alkanes) is 1. The molecule has 0 aromatic heterocycles. The van der Waals surface area contributed by atoms with Crippen LogP contribution >= 0.6 is 0 Å². The molecular weight excluding hydrogens is 548 g/mol. The molecule has 43 heavy (non-hydrogen) atoms. The Labute approximate surface area is 258 Å². The highest BCUT2D eigenvalue weighted by Gasteiger charge is 2.39. The Morgan fingerprint density at radius 2 is 1.74 bits per heavy atom. The normalized spacial score (nSPS) is 30.8. The fraction of sp³-hybridized carbons (Fsp3) is 0.676. The van der Waals surface area contributed by atoms with Crippen molar-refractivity contribution in [1.82, 2.24) is 5.32 Å². The van der Waals surface area contributed by atoms with Crippen molar-refractivity contribution in [2.45, 2.75) is 111 Å². The van der Waals surface area contributed by atoms with Gasteiger partial charge in [0, 0.05) is 19.6 Å². The Morgan fingerprint density at radius 1 is 1.07 bits per heavy atom. The number of oxime groups is 1. The molecule has 0 saturated carbocycles. The molecule has 2 unspecified atom stereocenters. The van der Waals surface area contributed by atoms with Crippen LogP contribution in [0.2, 0.25) is 0 Å². The summed E-state index contributed by atoms with van der Waals surface area (Å²) in [6.07, 6.45) is 5.94. The molecule has 2 rings (SSSR count). The first-order valence-corrected chi connectivity index (χ1v) is 15.6. The summed E-state index contributed by atoms with van der Waals surface area (Å²) in [6, 6.07) is 10.4. The highest BCUT2D eigenvalue weighted by molar-refractivity contribution is 5.99. The van der Waals surface area contributed by atoms with E-state index in [2.05, 4.69) is 29.5 Å². The average molecular weight is 603 g/mol. The maximum absolute atomic E-state index is 13.3. The van der Waals surface area contributed by atoms with Crippen molar-refractivity contribution in [3.8, 4) is 0 Å². The van der Waals surface area contributed by atoms with Gasteiger partial charge in [-0.05, 0) is 83.8 Å². The lowest BCUT2D eigenvalue weighted by Crippen LogP contribution is -2.49. The van der Waals surface area contributed by atoms with Crippen molar-refractivity contribution < 1.29 is 33.7 Å². The number of aryl methyl sites for hydroxylation is 1. The van der Waals surface area contributed by atoms with Crippen LogP contribution in [-0.2, 0) is 35.1 Å². The summed E-state index contributed by atoms with van der Waals surface area (Å²) < 4.78 is 17.6. The number of ether oxygens (including phenoxy) is 3. The molecule has 0 spiro atoms. The molecule has 1 aromatic carbocycles. The first-order chi connectivity index (χ1) is 20.3. The van der Waals surface area contributed by atoms with Crippen LogP contribution in [0.3, 0.4) is 0 Å². The minimum Gasteiger partial charge on any atom is -0.459 e. The second-order valence-electron chi connectivity index (χ2n) is 12.5. The molecule has 1 saturated heterocycles. The summed E-state index contributed by atoms with van der Waals surface area (Å²) in [5.74, 6) is -2.13. The minimum atomic E-state index is -1.32. The lowest BCUT2D eigenvalue weighted by atomic mass is 9.79. The highest BCUT2D eigenvalue weighted by Crippen LogP contribution is 2.33. The molecular formula is C34H54N2O7. The number of nitrogens with zero attached hydrogens (tertiary/aromatic N) is 1. The van der Waals surface area contributed by atoms with E-state index in [4.69, 9.17) is 19.0 Å². The lowest BCUT2D eigenvalue weighted by Gasteiger charge is -2.37. The van der Waals surface area contributed by atoms with Gasteiger partial charge in [-0.3, -0.25) is 14.9 Å². The van der Waals surface area contributed by atoms with Gasteiger partial charge < -0.3 is 24.2 Å². The Morgan fingerprint density at radius 3 is 2.40 bits per heavy atom. The van der Waals surface area contributed by atoms with Gasteiger partial charge in [0.2, 0.25) is 6.41 Å². The number of allylic oxidation sites excluding steroid dienone is 1. The molecule has 0 bridgehead atoms. The van der Waals surface area contributed by atoms with Gasteiger partial charge in [0.1, 0.15) is 30.0 Å². The van der Waals surface area contributed by atoms with E-state index in [1.807, 2.05) is 45.0 Å². The first kappa shape index (κ1) is 36.6. The average Bonchev–Trinajstić information content (AvgIpc) is 2.97. The molecule has 1 aliphatic heterocycles. The second kappa shape index (κ2) is 17.6. The number of cyclic esters (lactones) is 1. The number of hydrogen-bond acceptors (Lipinski definition) is 9. The Hall–Kier alpha value is -2.59. The van der Waals surface area contributed by atoms with Gasteiger partial charge in [-0.1, -0.05) is 61.8 Å². The van der Waals surface area contributed by atoms with Crippen molar-refractivity contribution >= 4 is 18.0 Å². The molecule has 0 radical (unpaired) electrons. The molecule has 9 nitrogen and oxygen atoms in total. The van der Waals surface area contributed by atoms with Crippen LogP contribution in [0, 0.1) is 17.8 Å². The number of hydrogen-bond donors (Lipinski definition) is 2. The van der Waals surface area contributed by atoms with Crippen LogP contribution in [0.1, 0.15) is 86.1 Å². The van der Waals surface area contributed by atoms with Crippen molar-refractivity contribution in [2.24, 2.45) is 22.9 Å². The quantitative estimate of drug-likeness (QED) is 0.123. The standard InChI is InChI=1S/C34H54N2O7/c1-9-29-33(5,6)43-32(39)35-23-28(18-19-36-41-20-14-13-17-27-15-11-10-12-16-27)24(2)21-34(7,40-8)22-25(3)30(37)26(4)31(38)42-29/h10-12,15-16,18-19,24-26,29,32,35,39H,9,13-14,17,20-23H2,1-8H3/b28-18-,36-19+/t24-,25-,26?,29-,32?,34-/m1/s1. The molecule has 1 aromatic rings. The number of aliphatic hydroxyl groups is 1. The van der Waals surface area contributed by atoms with E-state index in [0.717, 1.165) is 24.8 Å². The number of Topliss-reactive ketones (excluding diaryl/α,β-unsaturated/α-hetero) is 1. The Balaban J connectivity index is 2.17. The van der Waals surface area contributed by atoms with Crippen LogP contribution in [0.25, 0.3) is 0 Å². The van der Waals surface area contributed by atoms with Crippen molar-refractivity contribution in [2.75, 3.05) is 20.3 Å².